The first kappa shape index (κ1) is 18.3. The quantitative estimate of drug-likeness (QED) is 0.538. The van der Waals surface area contributed by atoms with Crippen LogP contribution < -0.4 is 10.6 Å². The standard InChI is InChI=1S/C21H17FN6O/c1-14-2-3-15(10-18(14)22)21(29)27-17-6-4-16(5-7-17)26-19-11-20(25-12-24-19)28-9-8-23-13-28/h2-13H,1H3,(H,27,29)(H,24,25,26). The molecule has 0 bridgehead atoms. The number of rotatable bonds is 5. The molecule has 4 aromatic rings. The normalized spacial score (nSPS) is 10.6. The van der Waals surface area contributed by atoms with E-state index in [4.69, 9.17) is 0 Å². The van der Waals surface area contributed by atoms with Gasteiger partial charge in [0.15, 0.2) is 0 Å². The lowest BCUT2D eigenvalue weighted by molar-refractivity contribution is 0.102. The first-order valence-corrected chi connectivity index (χ1v) is 8.83. The SMILES string of the molecule is Cc1ccc(C(=O)Nc2ccc(Nc3cc(-n4ccnc4)ncn3)cc2)cc1F. The second-order valence-corrected chi connectivity index (χ2v) is 6.35. The van der Waals surface area contributed by atoms with Crippen LogP contribution in [0.4, 0.5) is 21.6 Å². The number of nitrogens with zero attached hydrogens (tertiary/aromatic N) is 4. The number of amides is 1. The zero-order valence-electron chi connectivity index (χ0n) is 15.5. The van der Waals surface area contributed by atoms with Crippen molar-refractivity contribution in [2.75, 3.05) is 10.6 Å². The Morgan fingerprint density at radius 2 is 1.83 bits per heavy atom. The average Bonchev–Trinajstić information content (AvgIpc) is 3.27. The second kappa shape index (κ2) is 7.89. The van der Waals surface area contributed by atoms with Crippen LogP contribution in [0.1, 0.15) is 15.9 Å². The van der Waals surface area contributed by atoms with E-state index in [1.165, 1.54) is 12.4 Å². The summed E-state index contributed by atoms with van der Waals surface area (Å²) in [6.45, 7) is 1.65. The summed E-state index contributed by atoms with van der Waals surface area (Å²) >= 11 is 0. The van der Waals surface area contributed by atoms with Gasteiger partial charge in [0.1, 0.15) is 30.1 Å². The highest BCUT2D eigenvalue weighted by Gasteiger charge is 2.09. The molecule has 0 saturated carbocycles. The molecule has 2 heterocycles. The molecule has 0 aliphatic carbocycles. The van der Waals surface area contributed by atoms with Crippen molar-refractivity contribution >= 4 is 23.1 Å². The van der Waals surface area contributed by atoms with Gasteiger partial charge >= 0.3 is 0 Å². The Morgan fingerprint density at radius 3 is 2.55 bits per heavy atom. The molecule has 0 radical (unpaired) electrons. The van der Waals surface area contributed by atoms with Gasteiger partial charge in [-0.3, -0.25) is 9.36 Å². The van der Waals surface area contributed by atoms with Gasteiger partial charge in [-0.05, 0) is 48.9 Å². The van der Waals surface area contributed by atoms with E-state index in [1.54, 1.807) is 60.5 Å². The van der Waals surface area contributed by atoms with Crippen molar-refractivity contribution in [3.63, 3.8) is 0 Å². The Balaban J connectivity index is 1.43. The number of carbonyl (C=O) groups excluding carboxylic acids is 1. The monoisotopic (exact) mass is 388 g/mol. The molecule has 0 saturated heterocycles. The van der Waals surface area contributed by atoms with Crippen molar-refractivity contribution in [2.24, 2.45) is 0 Å². The highest BCUT2D eigenvalue weighted by atomic mass is 19.1. The van der Waals surface area contributed by atoms with E-state index in [0.717, 1.165) is 5.69 Å². The van der Waals surface area contributed by atoms with Crippen molar-refractivity contribution in [1.29, 1.82) is 0 Å². The molecule has 0 aliphatic heterocycles. The van der Waals surface area contributed by atoms with Gasteiger partial charge in [0.25, 0.3) is 5.91 Å². The van der Waals surface area contributed by atoms with Crippen LogP contribution in [0.25, 0.3) is 5.82 Å². The smallest absolute Gasteiger partial charge is 0.255 e. The maximum atomic E-state index is 13.7. The van der Waals surface area contributed by atoms with Crippen LogP contribution >= 0.6 is 0 Å². The predicted octanol–water partition coefficient (Wildman–Crippen LogP) is 4.11. The number of imidazole rings is 1. The zero-order chi connectivity index (χ0) is 20.2. The van der Waals surface area contributed by atoms with E-state index in [1.807, 2.05) is 12.1 Å². The third-order valence-corrected chi connectivity index (χ3v) is 4.27. The fourth-order valence-electron chi connectivity index (χ4n) is 2.67. The lowest BCUT2D eigenvalue weighted by atomic mass is 10.1. The van der Waals surface area contributed by atoms with Gasteiger partial charge < -0.3 is 10.6 Å². The van der Waals surface area contributed by atoms with E-state index < -0.39 is 5.82 Å². The number of benzene rings is 2. The largest absolute Gasteiger partial charge is 0.340 e. The van der Waals surface area contributed by atoms with Gasteiger partial charge in [0.05, 0.1) is 0 Å². The molecular weight excluding hydrogens is 371 g/mol. The first-order valence-electron chi connectivity index (χ1n) is 8.83. The summed E-state index contributed by atoms with van der Waals surface area (Å²) in [4.78, 5) is 24.7. The van der Waals surface area contributed by atoms with E-state index in [0.29, 0.717) is 22.9 Å². The lowest BCUT2D eigenvalue weighted by Crippen LogP contribution is -2.12. The number of nitrogens with one attached hydrogen (secondary N) is 2. The highest BCUT2D eigenvalue weighted by Crippen LogP contribution is 2.19. The van der Waals surface area contributed by atoms with Gasteiger partial charge in [-0.2, -0.15) is 0 Å². The van der Waals surface area contributed by atoms with Crippen LogP contribution in [-0.4, -0.2) is 25.4 Å². The molecule has 7 nitrogen and oxygen atoms in total. The van der Waals surface area contributed by atoms with Crippen LogP contribution in [0, 0.1) is 12.7 Å². The van der Waals surface area contributed by atoms with Gasteiger partial charge in [-0.25, -0.2) is 19.3 Å². The minimum atomic E-state index is -0.405. The van der Waals surface area contributed by atoms with Crippen LogP contribution in [0.3, 0.4) is 0 Å². The molecule has 1 amide bonds. The van der Waals surface area contributed by atoms with Gasteiger partial charge in [-0.1, -0.05) is 6.07 Å². The van der Waals surface area contributed by atoms with Crippen molar-refractivity contribution in [3.8, 4) is 5.82 Å². The third kappa shape index (κ3) is 4.27. The molecule has 0 fully saturated rings. The number of hydrogen-bond donors (Lipinski definition) is 2. The van der Waals surface area contributed by atoms with E-state index in [9.17, 15) is 9.18 Å². The van der Waals surface area contributed by atoms with Crippen molar-refractivity contribution in [3.05, 3.63) is 90.5 Å². The molecule has 0 unspecified atom stereocenters. The van der Waals surface area contributed by atoms with Crippen LogP contribution in [-0.2, 0) is 0 Å². The molecule has 8 heteroatoms. The fraction of sp³-hybridized carbons (Fsp3) is 0.0476. The van der Waals surface area contributed by atoms with Gasteiger partial charge in [-0.15, -0.1) is 0 Å². The zero-order valence-corrected chi connectivity index (χ0v) is 15.5. The van der Waals surface area contributed by atoms with Crippen molar-refractivity contribution in [1.82, 2.24) is 19.5 Å². The molecule has 2 aromatic carbocycles. The Kier molecular flexibility index (Phi) is 4.98. The molecular formula is C21H17FN6O. The Morgan fingerprint density at radius 1 is 1.03 bits per heavy atom. The lowest BCUT2D eigenvalue weighted by Gasteiger charge is -2.09. The van der Waals surface area contributed by atoms with Crippen molar-refractivity contribution < 1.29 is 9.18 Å². The molecule has 29 heavy (non-hydrogen) atoms. The average molecular weight is 388 g/mol. The molecule has 2 N–H and O–H groups in total. The number of hydrogen-bond acceptors (Lipinski definition) is 5. The molecule has 144 valence electrons. The minimum absolute atomic E-state index is 0.267. The first-order chi connectivity index (χ1) is 14.1. The molecule has 0 aliphatic rings. The Bertz CT molecular complexity index is 1140. The summed E-state index contributed by atoms with van der Waals surface area (Å²) in [5.41, 5.74) is 2.16. The summed E-state index contributed by atoms with van der Waals surface area (Å²) in [7, 11) is 0. The number of anilines is 3. The summed E-state index contributed by atoms with van der Waals surface area (Å²) in [6, 6.07) is 13.3. The maximum absolute atomic E-state index is 13.7. The van der Waals surface area contributed by atoms with E-state index >= 15 is 0 Å². The van der Waals surface area contributed by atoms with Gasteiger partial charge in [0, 0.05) is 35.4 Å². The summed E-state index contributed by atoms with van der Waals surface area (Å²) in [5, 5.41) is 5.94. The Labute approximate surface area is 166 Å². The van der Waals surface area contributed by atoms with Crippen molar-refractivity contribution in [2.45, 2.75) is 6.92 Å². The van der Waals surface area contributed by atoms with Crippen LogP contribution in [0.15, 0.2) is 73.6 Å². The molecule has 0 atom stereocenters. The fourth-order valence-corrected chi connectivity index (χ4v) is 2.67. The maximum Gasteiger partial charge on any atom is 0.255 e. The minimum Gasteiger partial charge on any atom is -0.340 e. The third-order valence-electron chi connectivity index (χ3n) is 4.27. The topological polar surface area (TPSA) is 84.7 Å². The molecule has 4 rings (SSSR count). The summed E-state index contributed by atoms with van der Waals surface area (Å²) < 4.78 is 15.4. The molecule has 0 spiro atoms. The van der Waals surface area contributed by atoms with E-state index in [-0.39, 0.29) is 11.5 Å². The van der Waals surface area contributed by atoms with E-state index in [2.05, 4.69) is 25.6 Å². The summed E-state index contributed by atoms with van der Waals surface area (Å²) in [6.07, 6.45) is 6.59. The molecule has 2 aromatic heterocycles. The predicted molar refractivity (Wildman–Crippen MR) is 108 cm³/mol. The number of carbonyl (C=O) groups is 1. The van der Waals surface area contributed by atoms with Crippen LogP contribution in [0.2, 0.25) is 0 Å². The number of halogens is 1. The second-order valence-electron chi connectivity index (χ2n) is 6.35. The summed E-state index contributed by atoms with van der Waals surface area (Å²) in [5.74, 6) is 0.535. The van der Waals surface area contributed by atoms with Crippen LogP contribution in [0.5, 0.6) is 0 Å². The Hall–Kier alpha value is -4.07. The highest BCUT2D eigenvalue weighted by molar-refractivity contribution is 6.04. The number of aryl methyl sites for hydroxylation is 1. The number of aromatic nitrogens is 4. The van der Waals surface area contributed by atoms with Gasteiger partial charge in [0.2, 0.25) is 0 Å².